The number of amides is 1. The van der Waals surface area contributed by atoms with Crippen molar-refractivity contribution >= 4 is 40.8 Å². The molecule has 26 heavy (non-hydrogen) atoms. The summed E-state index contributed by atoms with van der Waals surface area (Å²) in [6.07, 6.45) is 0. The van der Waals surface area contributed by atoms with Crippen LogP contribution >= 0.6 is 11.6 Å². The molecule has 0 heterocycles. The monoisotopic (exact) mass is 376 g/mol. The van der Waals surface area contributed by atoms with Crippen molar-refractivity contribution < 1.29 is 23.9 Å². The summed E-state index contributed by atoms with van der Waals surface area (Å²) in [7, 11) is 0. The summed E-state index contributed by atoms with van der Waals surface area (Å²) in [4.78, 5) is 35.8. The smallest absolute Gasteiger partial charge is 0.340 e. The summed E-state index contributed by atoms with van der Waals surface area (Å²) < 4.78 is 9.87. The van der Waals surface area contributed by atoms with Crippen molar-refractivity contribution in [3.8, 4) is 0 Å². The molecule has 0 aliphatic carbocycles. The Morgan fingerprint density at radius 1 is 1.08 bits per heavy atom. The molecule has 2 rings (SSSR count). The van der Waals surface area contributed by atoms with E-state index in [4.69, 9.17) is 26.8 Å². The fourth-order valence-electron chi connectivity index (χ4n) is 2.05. The van der Waals surface area contributed by atoms with Crippen LogP contribution in [-0.2, 0) is 14.3 Å². The average Bonchev–Trinajstić information content (AvgIpc) is 2.62. The van der Waals surface area contributed by atoms with Crippen LogP contribution in [-0.4, -0.2) is 31.1 Å². The Kier molecular flexibility index (Phi) is 6.57. The maximum atomic E-state index is 12.0. The molecular weight excluding hydrogens is 360 g/mol. The molecule has 0 spiro atoms. The van der Waals surface area contributed by atoms with Gasteiger partial charge in [-0.1, -0.05) is 23.7 Å². The minimum atomic E-state index is -0.720. The number of anilines is 2. The van der Waals surface area contributed by atoms with E-state index >= 15 is 0 Å². The van der Waals surface area contributed by atoms with E-state index in [0.29, 0.717) is 5.02 Å². The fourth-order valence-corrected chi connectivity index (χ4v) is 2.17. The maximum absolute atomic E-state index is 12.0. The second-order valence-electron chi connectivity index (χ2n) is 5.13. The fraction of sp³-hybridized carbons (Fsp3) is 0.167. The predicted octanol–water partition coefficient (Wildman–Crippen LogP) is 2.89. The number of hydrogen-bond donors (Lipinski definition) is 2. The highest BCUT2D eigenvalue weighted by atomic mass is 35.5. The standard InChI is InChI=1S/C18H17ClN2O5/c1-2-25-18(24)12-5-3-4-6-15(12)21-16(22)10-26-17(23)11-7-8-13(19)14(20)9-11/h3-9H,2,10,20H2,1H3,(H,21,22). The second kappa shape index (κ2) is 8.87. The van der Waals surface area contributed by atoms with Gasteiger partial charge in [0.2, 0.25) is 0 Å². The molecule has 3 N–H and O–H groups in total. The van der Waals surface area contributed by atoms with Crippen LogP contribution < -0.4 is 11.1 Å². The lowest BCUT2D eigenvalue weighted by molar-refractivity contribution is -0.119. The Bertz CT molecular complexity index is 838. The van der Waals surface area contributed by atoms with Crippen LogP contribution in [0.15, 0.2) is 42.5 Å². The molecule has 2 aromatic rings. The Labute approximate surface area is 155 Å². The van der Waals surface area contributed by atoms with Gasteiger partial charge in [-0.3, -0.25) is 4.79 Å². The number of nitrogen functional groups attached to an aromatic ring is 1. The van der Waals surface area contributed by atoms with E-state index in [1.165, 1.54) is 24.3 Å². The molecule has 0 aromatic heterocycles. The zero-order valence-corrected chi connectivity index (χ0v) is 14.7. The largest absolute Gasteiger partial charge is 0.462 e. The summed E-state index contributed by atoms with van der Waals surface area (Å²) >= 11 is 5.79. The van der Waals surface area contributed by atoms with Crippen molar-refractivity contribution in [3.63, 3.8) is 0 Å². The number of esters is 2. The van der Waals surface area contributed by atoms with Crippen molar-refractivity contribution in [2.45, 2.75) is 6.92 Å². The van der Waals surface area contributed by atoms with Crippen LogP contribution in [0.3, 0.4) is 0 Å². The molecule has 0 radical (unpaired) electrons. The number of para-hydroxylation sites is 1. The van der Waals surface area contributed by atoms with Gasteiger partial charge in [-0.2, -0.15) is 0 Å². The van der Waals surface area contributed by atoms with Gasteiger partial charge in [0.05, 0.1) is 34.1 Å². The molecule has 0 saturated carbocycles. The molecule has 1 amide bonds. The Balaban J connectivity index is 1.98. The number of hydrogen-bond acceptors (Lipinski definition) is 6. The molecule has 136 valence electrons. The van der Waals surface area contributed by atoms with Crippen LogP contribution in [0.1, 0.15) is 27.6 Å². The number of halogens is 1. The Morgan fingerprint density at radius 3 is 2.50 bits per heavy atom. The number of benzene rings is 2. The summed E-state index contributed by atoms with van der Waals surface area (Å²) in [6, 6.07) is 10.6. The lowest BCUT2D eigenvalue weighted by Gasteiger charge is -2.10. The number of carbonyl (C=O) groups is 3. The van der Waals surface area contributed by atoms with E-state index in [-0.39, 0.29) is 29.1 Å². The third-order valence-corrected chi connectivity index (χ3v) is 3.61. The van der Waals surface area contributed by atoms with Gasteiger partial charge in [0.15, 0.2) is 6.61 Å². The van der Waals surface area contributed by atoms with Crippen LogP contribution in [0.2, 0.25) is 5.02 Å². The molecular formula is C18H17ClN2O5. The topological polar surface area (TPSA) is 108 Å². The summed E-state index contributed by atoms with van der Waals surface area (Å²) in [5, 5.41) is 2.83. The molecule has 7 nitrogen and oxygen atoms in total. The molecule has 0 atom stereocenters. The summed E-state index contributed by atoms with van der Waals surface area (Å²) in [6.45, 7) is 1.36. The van der Waals surface area contributed by atoms with Gasteiger partial charge in [0.1, 0.15) is 0 Å². The predicted molar refractivity (Wildman–Crippen MR) is 97.2 cm³/mol. The van der Waals surface area contributed by atoms with Gasteiger partial charge < -0.3 is 20.5 Å². The van der Waals surface area contributed by atoms with Crippen LogP contribution in [0, 0.1) is 0 Å². The van der Waals surface area contributed by atoms with E-state index in [1.54, 1.807) is 25.1 Å². The van der Waals surface area contributed by atoms with Gasteiger partial charge in [0.25, 0.3) is 5.91 Å². The van der Waals surface area contributed by atoms with Gasteiger partial charge in [-0.05, 0) is 37.3 Å². The van der Waals surface area contributed by atoms with Crippen molar-refractivity contribution in [3.05, 3.63) is 58.6 Å². The highest BCUT2D eigenvalue weighted by molar-refractivity contribution is 6.33. The first-order chi connectivity index (χ1) is 12.4. The van der Waals surface area contributed by atoms with Crippen LogP contribution in [0.25, 0.3) is 0 Å². The molecule has 0 bridgehead atoms. The lowest BCUT2D eigenvalue weighted by atomic mass is 10.2. The third-order valence-electron chi connectivity index (χ3n) is 3.26. The van der Waals surface area contributed by atoms with Crippen LogP contribution in [0.4, 0.5) is 11.4 Å². The normalized spacial score (nSPS) is 10.1. The minimum absolute atomic E-state index is 0.173. The van der Waals surface area contributed by atoms with Crippen molar-refractivity contribution in [1.82, 2.24) is 0 Å². The van der Waals surface area contributed by atoms with E-state index in [9.17, 15) is 14.4 Å². The molecule has 8 heteroatoms. The highest BCUT2D eigenvalue weighted by Crippen LogP contribution is 2.20. The molecule has 0 aliphatic rings. The van der Waals surface area contributed by atoms with E-state index in [1.807, 2.05) is 0 Å². The first-order valence-electron chi connectivity index (χ1n) is 7.70. The Hall–Kier alpha value is -3.06. The number of rotatable bonds is 6. The minimum Gasteiger partial charge on any atom is -0.462 e. The average molecular weight is 377 g/mol. The number of nitrogens with two attached hydrogens (primary N) is 1. The number of ether oxygens (including phenoxy) is 2. The summed E-state index contributed by atoms with van der Waals surface area (Å²) in [5.74, 6) is -1.88. The quantitative estimate of drug-likeness (QED) is 0.592. The van der Waals surface area contributed by atoms with E-state index in [0.717, 1.165) is 0 Å². The van der Waals surface area contributed by atoms with Crippen LogP contribution in [0.5, 0.6) is 0 Å². The number of nitrogens with one attached hydrogen (secondary N) is 1. The maximum Gasteiger partial charge on any atom is 0.340 e. The SMILES string of the molecule is CCOC(=O)c1ccccc1NC(=O)COC(=O)c1ccc(Cl)c(N)c1. The molecule has 0 aliphatic heterocycles. The zero-order chi connectivity index (χ0) is 19.1. The van der Waals surface area contributed by atoms with Crippen molar-refractivity contribution in [2.24, 2.45) is 0 Å². The van der Waals surface area contributed by atoms with Gasteiger partial charge in [0, 0.05) is 0 Å². The van der Waals surface area contributed by atoms with E-state index < -0.39 is 24.5 Å². The first-order valence-corrected chi connectivity index (χ1v) is 8.08. The lowest BCUT2D eigenvalue weighted by Crippen LogP contribution is -2.22. The summed E-state index contributed by atoms with van der Waals surface area (Å²) in [5.41, 5.74) is 6.50. The highest BCUT2D eigenvalue weighted by Gasteiger charge is 2.16. The first kappa shape index (κ1) is 19.3. The van der Waals surface area contributed by atoms with Crippen molar-refractivity contribution in [1.29, 1.82) is 0 Å². The number of carbonyl (C=O) groups excluding carboxylic acids is 3. The third kappa shape index (κ3) is 4.97. The van der Waals surface area contributed by atoms with Gasteiger partial charge >= 0.3 is 11.9 Å². The molecule has 0 unspecified atom stereocenters. The van der Waals surface area contributed by atoms with E-state index in [2.05, 4.69) is 5.32 Å². The zero-order valence-electron chi connectivity index (χ0n) is 14.0. The molecule has 2 aromatic carbocycles. The van der Waals surface area contributed by atoms with Crippen molar-refractivity contribution in [2.75, 3.05) is 24.3 Å². The van der Waals surface area contributed by atoms with Gasteiger partial charge in [-0.15, -0.1) is 0 Å². The van der Waals surface area contributed by atoms with Gasteiger partial charge in [-0.25, -0.2) is 9.59 Å². The Morgan fingerprint density at radius 2 is 1.81 bits per heavy atom. The second-order valence-corrected chi connectivity index (χ2v) is 5.53. The molecule has 0 fully saturated rings. The molecule has 0 saturated heterocycles.